The van der Waals surface area contributed by atoms with E-state index in [4.69, 9.17) is 21.1 Å². The number of amides is 1. The first-order valence-electron chi connectivity index (χ1n) is 8.03. The van der Waals surface area contributed by atoms with Gasteiger partial charge in [0.25, 0.3) is 0 Å². The minimum Gasteiger partial charge on any atom is -0.491 e. The molecule has 0 aliphatic carbocycles. The Morgan fingerprint density at radius 1 is 1.48 bits per heavy atom. The Morgan fingerprint density at radius 3 is 2.96 bits per heavy atom. The average molecular weight is 341 g/mol. The second-order valence-corrected chi connectivity index (χ2v) is 6.43. The lowest BCUT2D eigenvalue weighted by atomic mass is 10.1. The van der Waals surface area contributed by atoms with Crippen molar-refractivity contribution in [3.05, 3.63) is 23.2 Å². The van der Waals surface area contributed by atoms with Crippen molar-refractivity contribution < 1.29 is 14.3 Å². The zero-order valence-electron chi connectivity index (χ0n) is 13.8. The number of anilines is 1. The molecule has 1 aromatic rings. The third kappa shape index (κ3) is 6.37. The summed E-state index contributed by atoms with van der Waals surface area (Å²) >= 11 is 6.20. The highest BCUT2D eigenvalue weighted by Crippen LogP contribution is 2.28. The monoisotopic (exact) mass is 340 g/mol. The largest absolute Gasteiger partial charge is 0.491 e. The van der Waals surface area contributed by atoms with E-state index in [9.17, 15) is 4.79 Å². The first-order valence-corrected chi connectivity index (χ1v) is 8.41. The van der Waals surface area contributed by atoms with Crippen LogP contribution >= 0.6 is 11.6 Å². The van der Waals surface area contributed by atoms with Gasteiger partial charge < -0.3 is 19.7 Å². The maximum Gasteiger partial charge on any atom is 0.224 e. The summed E-state index contributed by atoms with van der Waals surface area (Å²) < 4.78 is 11.1. The molecule has 0 saturated carbocycles. The van der Waals surface area contributed by atoms with Crippen LogP contribution < -0.4 is 10.1 Å². The van der Waals surface area contributed by atoms with E-state index in [1.54, 1.807) is 18.2 Å². The molecule has 1 saturated heterocycles. The maximum absolute atomic E-state index is 12.0. The lowest BCUT2D eigenvalue weighted by Gasteiger charge is -2.13. The van der Waals surface area contributed by atoms with Gasteiger partial charge in [-0.25, -0.2) is 0 Å². The molecule has 1 heterocycles. The molecule has 0 aromatic heterocycles. The van der Waals surface area contributed by atoms with Crippen LogP contribution in [0.25, 0.3) is 0 Å². The second-order valence-electron chi connectivity index (χ2n) is 6.02. The van der Waals surface area contributed by atoms with Crippen molar-refractivity contribution in [2.75, 3.05) is 39.2 Å². The Morgan fingerprint density at radius 2 is 2.30 bits per heavy atom. The topological polar surface area (TPSA) is 50.8 Å². The minimum absolute atomic E-state index is 0.0159. The van der Waals surface area contributed by atoms with Crippen LogP contribution in [0.15, 0.2) is 18.2 Å². The van der Waals surface area contributed by atoms with Crippen LogP contribution in [0, 0.1) is 0 Å². The number of halogens is 1. The molecule has 1 amide bonds. The van der Waals surface area contributed by atoms with Crippen LogP contribution in [-0.2, 0) is 9.53 Å². The van der Waals surface area contributed by atoms with Gasteiger partial charge in [-0.2, -0.15) is 0 Å². The SMILES string of the molecule is CN(C)CCOc1ccc(NC(=O)CC[C@@H]2CCCO2)cc1Cl. The molecule has 0 spiro atoms. The third-order valence-corrected chi connectivity index (χ3v) is 4.02. The van der Waals surface area contributed by atoms with Gasteiger partial charge >= 0.3 is 0 Å². The van der Waals surface area contributed by atoms with Gasteiger partial charge in [0.1, 0.15) is 12.4 Å². The van der Waals surface area contributed by atoms with Gasteiger partial charge in [-0.05, 0) is 51.6 Å². The number of rotatable bonds is 8. The number of nitrogens with zero attached hydrogens (tertiary/aromatic N) is 1. The van der Waals surface area contributed by atoms with Crippen molar-refractivity contribution in [2.45, 2.75) is 31.8 Å². The number of benzene rings is 1. The van der Waals surface area contributed by atoms with Gasteiger partial charge in [0.15, 0.2) is 0 Å². The Hall–Kier alpha value is -1.30. The summed E-state index contributed by atoms with van der Waals surface area (Å²) in [5, 5.41) is 3.37. The average Bonchev–Trinajstić information content (AvgIpc) is 3.00. The Labute approximate surface area is 142 Å². The lowest BCUT2D eigenvalue weighted by molar-refractivity contribution is -0.116. The van der Waals surface area contributed by atoms with E-state index >= 15 is 0 Å². The van der Waals surface area contributed by atoms with Gasteiger partial charge in [-0.1, -0.05) is 11.6 Å². The number of hydrogen-bond acceptors (Lipinski definition) is 4. The normalized spacial score (nSPS) is 17.5. The number of carbonyl (C=O) groups is 1. The van der Waals surface area contributed by atoms with Crippen LogP contribution in [0.3, 0.4) is 0 Å². The van der Waals surface area contributed by atoms with E-state index in [0.717, 1.165) is 32.4 Å². The minimum atomic E-state index is -0.0159. The molecule has 1 aliphatic heterocycles. The third-order valence-electron chi connectivity index (χ3n) is 3.73. The number of carbonyl (C=O) groups excluding carboxylic acids is 1. The van der Waals surface area contributed by atoms with E-state index in [1.165, 1.54) is 0 Å². The lowest BCUT2D eigenvalue weighted by Crippen LogP contribution is -2.19. The summed E-state index contributed by atoms with van der Waals surface area (Å²) in [6.07, 6.45) is 3.61. The van der Waals surface area contributed by atoms with Crippen LogP contribution in [0.4, 0.5) is 5.69 Å². The molecule has 0 radical (unpaired) electrons. The fourth-order valence-electron chi connectivity index (χ4n) is 2.42. The van der Waals surface area contributed by atoms with Gasteiger partial charge in [-0.3, -0.25) is 4.79 Å². The van der Waals surface area contributed by atoms with Crippen LogP contribution in [-0.4, -0.2) is 50.8 Å². The van der Waals surface area contributed by atoms with E-state index in [0.29, 0.717) is 29.5 Å². The summed E-state index contributed by atoms with van der Waals surface area (Å²) in [6.45, 7) is 2.20. The highest BCUT2D eigenvalue weighted by atomic mass is 35.5. The molecular formula is C17H25ClN2O3. The van der Waals surface area contributed by atoms with Crippen molar-refractivity contribution in [3.63, 3.8) is 0 Å². The quantitative estimate of drug-likeness (QED) is 0.789. The van der Waals surface area contributed by atoms with E-state index in [2.05, 4.69) is 5.32 Å². The first-order chi connectivity index (χ1) is 11.0. The van der Waals surface area contributed by atoms with Crippen molar-refractivity contribution in [3.8, 4) is 5.75 Å². The number of likely N-dealkylation sites (N-methyl/N-ethyl adjacent to an activating group) is 1. The molecule has 1 aromatic carbocycles. The van der Waals surface area contributed by atoms with E-state index < -0.39 is 0 Å². The van der Waals surface area contributed by atoms with Crippen LogP contribution in [0.2, 0.25) is 5.02 Å². The smallest absolute Gasteiger partial charge is 0.224 e. The van der Waals surface area contributed by atoms with E-state index in [1.807, 2.05) is 19.0 Å². The Balaban J connectivity index is 1.78. The second kappa shape index (κ2) is 9.11. The van der Waals surface area contributed by atoms with Gasteiger partial charge in [0, 0.05) is 25.3 Å². The van der Waals surface area contributed by atoms with Crippen molar-refractivity contribution in [2.24, 2.45) is 0 Å². The maximum atomic E-state index is 12.0. The molecule has 0 unspecified atom stereocenters. The van der Waals surface area contributed by atoms with Crippen molar-refractivity contribution >= 4 is 23.2 Å². The summed E-state index contributed by atoms with van der Waals surface area (Å²) in [5.41, 5.74) is 0.687. The Kier molecular flexibility index (Phi) is 7.15. The fourth-order valence-corrected chi connectivity index (χ4v) is 2.66. The summed E-state index contributed by atoms with van der Waals surface area (Å²) in [6, 6.07) is 5.31. The van der Waals surface area contributed by atoms with Crippen LogP contribution in [0.5, 0.6) is 5.75 Å². The first kappa shape index (κ1) is 18.0. The number of hydrogen-bond donors (Lipinski definition) is 1. The van der Waals surface area contributed by atoms with Crippen molar-refractivity contribution in [1.29, 1.82) is 0 Å². The molecule has 1 aliphatic rings. The molecule has 6 heteroatoms. The Bertz CT molecular complexity index is 517. The molecule has 1 N–H and O–H groups in total. The van der Waals surface area contributed by atoms with Gasteiger partial charge in [0.05, 0.1) is 11.1 Å². The predicted molar refractivity (Wildman–Crippen MR) is 92.3 cm³/mol. The summed E-state index contributed by atoms with van der Waals surface area (Å²) in [4.78, 5) is 14.0. The standard InChI is InChI=1S/C17H25ClN2O3/c1-20(2)9-11-23-16-7-5-13(12-15(16)18)19-17(21)8-6-14-4-3-10-22-14/h5,7,12,14H,3-4,6,8-11H2,1-2H3,(H,19,21)/t14-/m0/s1. The molecule has 5 nitrogen and oxygen atoms in total. The molecule has 0 bridgehead atoms. The zero-order chi connectivity index (χ0) is 16.7. The zero-order valence-corrected chi connectivity index (χ0v) is 14.6. The molecule has 23 heavy (non-hydrogen) atoms. The number of ether oxygens (including phenoxy) is 2. The van der Waals surface area contributed by atoms with E-state index in [-0.39, 0.29) is 12.0 Å². The fraction of sp³-hybridized carbons (Fsp3) is 0.588. The highest BCUT2D eigenvalue weighted by molar-refractivity contribution is 6.32. The molecule has 128 valence electrons. The molecule has 1 fully saturated rings. The van der Waals surface area contributed by atoms with Crippen molar-refractivity contribution in [1.82, 2.24) is 4.90 Å². The molecule has 2 rings (SSSR count). The molecule has 1 atom stereocenters. The summed E-state index contributed by atoms with van der Waals surface area (Å²) in [5.74, 6) is 0.615. The summed E-state index contributed by atoms with van der Waals surface area (Å²) in [7, 11) is 3.97. The highest BCUT2D eigenvalue weighted by Gasteiger charge is 2.16. The number of nitrogens with one attached hydrogen (secondary N) is 1. The van der Waals surface area contributed by atoms with Gasteiger partial charge in [-0.15, -0.1) is 0 Å². The van der Waals surface area contributed by atoms with Crippen LogP contribution in [0.1, 0.15) is 25.7 Å². The molecular weight excluding hydrogens is 316 g/mol. The predicted octanol–water partition coefficient (Wildman–Crippen LogP) is 3.18. The van der Waals surface area contributed by atoms with Gasteiger partial charge in [0.2, 0.25) is 5.91 Å².